The Hall–Kier alpha value is -1.46. The van der Waals surface area contributed by atoms with Gasteiger partial charge in [-0.25, -0.2) is 0 Å². The molecule has 2 heterocycles. The van der Waals surface area contributed by atoms with E-state index in [0.717, 1.165) is 23.4 Å². The van der Waals surface area contributed by atoms with Crippen molar-refractivity contribution in [1.29, 1.82) is 0 Å². The van der Waals surface area contributed by atoms with Crippen LogP contribution in [0, 0.1) is 6.92 Å². The second kappa shape index (κ2) is 4.90. The van der Waals surface area contributed by atoms with Gasteiger partial charge in [0.05, 0.1) is 18.9 Å². The molecule has 19 heavy (non-hydrogen) atoms. The third kappa shape index (κ3) is 2.35. The summed E-state index contributed by atoms with van der Waals surface area (Å²) in [6.07, 6.45) is 3.93. The Morgan fingerprint density at radius 3 is 2.79 bits per heavy atom. The molecule has 1 N–H and O–H groups in total. The van der Waals surface area contributed by atoms with Crippen molar-refractivity contribution >= 4 is 5.71 Å². The average Bonchev–Trinajstić information content (AvgIpc) is 2.88. The fraction of sp³-hybridized carbons (Fsp3) is 0.571. The second-order valence-electron chi connectivity index (χ2n) is 5.22. The van der Waals surface area contributed by atoms with E-state index in [1.165, 1.54) is 0 Å². The maximum Gasteiger partial charge on any atom is 0.169 e. The van der Waals surface area contributed by atoms with E-state index in [1.807, 2.05) is 25.3 Å². The molecule has 1 aromatic rings. The Kier molecular flexibility index (Phi) is 3.24. The highest BCUT2D eigenvalue weighted by Crippen LogP contribution is 2.41. The highest BCUT2D eigenvalue weighted by atomic mass is 16.7. The van der Waals surface area contributed by atoms with Gasteiger partial charge in [0.25, 0.3) is 0 Å². The van der Waals surface area contributed by atoms with Crippen LogP contribution >= 0.6 is 0 Å². The quantitative estimate of drug-likeness (QED) is 0.622. The van der Waals surface area contributed by atoms with Gasteiger partial charge < -0.3 is 14.7 Å². The zero-order chi connectivity index (χ0) is 13.3. The molecule has 1 aromatic heterocycles. The van der Waals surface area contributed by atoms with Crippen LogP contribution < -0.4 is 0 Å². The molecule has 3 rings (SSSR count). The molecule has 0 aromatic carbocycles. The van der Waals surface area contributed by atoms with Crippen molar-refractivity contribution in [3.8, 4) is 0 Å². The van der Waals surface area contributed by atoms with E-state index in [4.69, 9.17) is 9.47 Å². The minimum atomic E-state index is -0.509. The van der Waals surface area contributed by atoms with Crippen molar-refractivity contribution in [2.45, 2.75) is 37.9 Å². The van der Waals surface area contributed by atoms with Crippen molar-refractivity contribution in [2.75, 3.05) is 13.2 Å². The molecule has 1 saturated heterocycles. The molecule has 1 atom stereocenters. The largest absolute Gasteiger partial charge is 0.411 e. The Morgan fingerprint density at radius 1 is 1.37 bits per heavy atom. The zero-order valence-electron chi connectivity index (χ0n) is 11.0. The first kappa shape index (κ1) is 12.6. The van der Waals surface area contributed by atoms with Crippen LogP contribution in [0.5, 0.6) is 0 Å². The van der Waals surface area contributed by atoms with Gasteiger partial charge >= 0.3 is 0 Å². The van der Waals surface area contributed by atoms with E-state index in [0.29, 0.717) is 26.1 Å². The lowest BCUT2D eigenvalue weighted by Crippen LogP contribution is -2.39. The average molecular weight is 262 g/mol. The Bertz CT molecular complexity index is 478. The summed E-state index contributed by atoms with van der Waals surface area (Å²) in [6.45, 7) is 3.28. The SMILES string of the molecule is Cc1ccc(C2CC3(CC/C2=N/O)OCCO3)nc1. The number of oxime groups is 1. The Morgan fingerprint density at radius 2 is 2.16 bits per heavy atom. The lowest BCUT2D eigenvalue weighted by Gasteiger charge is -2.36. The fourth-order valence-electron chi connectivity index (χ4n) is 2.86. The van der Waals surface area contributed by atoms with Gasteiger partial charge in [0.15, 0.2) is 5.79 Å². The van der Waals surface area contributed by atoms with E-state index in [2.05, 4.69) is 10.1 Å². The minimum Gasteiger partial charge on any atom is -0.411 e. The molecule has 5 heteroatoms. The first-order valence-electron chi connectivity index (χ1n) is 6.64. The van der Waals surface area contributed by atoms with Crippen molar-refractivity contribution in [1.82, 2.24) is 4.98 Å². The smallest absolute Gasteiger partial charge is 0.169 e. The van der Waals surface area contributed by atoms with Crippen molar-refractivity contribution in [2.24, 2.45) is 5.16 Å². The van der Waals surface area contributed by atoms with Crippen LogP contribution in [0.1, 0.15) is 36.4 Å². The van der Waals surface area contributed by atoms with Gasteiger partial charge in [-0.15, -0.1) is 0 Å². The van der Waals surface area contributed by atoms with E-state index in [-0.39, 0.29) is 5.92 Å². The topological polar surface area (TPSA) is 63.9 Å². The van der Waals surface area contributed by atoms with Crippen LogP contribution in [0.4, 0.5) is 0 Å². The van der Waals surface area contributed by atoms with E-state index >= 15 is 0 Å². The number of nitrogens with zero attached hydrogens (tertiary/aromatic N) is 2. The molecule has 1 unspecified atom stereocenters. The van der Waals surface area contributed by atoms with Gasteiger partial charge in [-0.05, 0) is 25.0 Å². The van der Waals surface area contributed by atoms with E-state index in [1.54, 1.807) is 0 Å². The predicted molar refractivity (Wildman–Crippen MR) is 69.4 cm³/mol. The van der Waals surface area contributed by atoms with Crippen LogP contribution in [0.3, 0.4) is 0 Å². The lowest BCUT2D eigenvalue weighted by atomic mass is 9.81. The summed E-state index contributed by atoms with van der Waals surface area (Å²) < 4.78 is 11.5. The fourth-order valence-corrected chi connectivity index (χ4v) is 2.86. The summed E-state index contributed by atoms with van der Waals surface area (Å²) >= 11 is 0. The molecule has 5 nitrogen and oxygen atoms in total. The number of rotatable bonds is 1. The number of hydrogen-bond acceptors (Lipinski definition) is 5. The molecular weight excluding hydrogens is 244 g/mol. The summed E-state index contributed by atoms with van der Waals surface area (Å²) in [7, 11) is 0. The van der Waals surface area contributed by atoms with Crippen LogP contribution in [0.15, 0.2) is 23.5 Å². The van der Waals surface area contributed by atoms with Crippen molar-refractivity contribution in [3.63, 3.8) is 0 Å². The third-order valence-electron chi connectivity index (χ3n) is 3.91. The molecule has 2 fully saturated rings. The molecule has 102 valence electrons. The van der Waals surface area contributed by atoms with Gasteiger partial charge in [0.1, 0.15) is 0 Å². The first-order chi connectivity index (χ1) is 9.22. The zero-order valence-corrected chi connectivity index (χ0v) is 11.0. The molecule has 1 aliphatic heterocycles. The second-order valence-corrected chi connectivity index (χ2v) is 5.22. The summed E-state index contributed by atoms with van der Waals surface area (Å²) in [5, 5.41) is 12.6. The lowest BCUT2D eigenvalue weighted by molar-refractivity contribution is -0.170. The first-order valence-corrected chi connectivity index (χ1v) is 6.64. The molecule has 2 aliphatic rings. The normalized spacial score (nSPS) is 28.1. The minimum absolute atomic E-state index is 0.0301. The maximum atomic E-state index is 9.19. The van der Waals surface area contributed by atoms with E-state index in [9.17, 15) is 5.21 Å². The molecular formula is C14H18N2O3. The Balaban J connectivity index is 1.89. The molecule has 1 spiro atoms. The Labute approximate surface area is 112 Å². The van der Waals surface area contributed by atoms with Crippen molar-refractivity contribution < 1.29 is 14.7 Å². The summed E-state index contributed by atoms with van der Waals surface area (Å²) in [4.78, 5) is 4.45. The van der Waals surface area contributed by atoms with Crippen LogP contribution in [0.2, 0.25) is 0 Å². The van der Waals surface area contributed by atoms with Gasteiger partial charge in [0, 0.05) is 30.7 Å². The van der Waals surface area contributed by atoms with Gasteiger partial charge in [-0.1, -0.05) is 11.2 Å². The monoisotopic (exact) mass is 262 g/mol. The summed E-state index contributed by atoms with van der Waals surface area (Å²) in [5.41, 5.74) is 2.79. The van der Waals surface area contributed by atoms with Crippen LogP contribution in [-0.2, 0) is 9.47 Å². The predicted octanol–water partition coefficient (Wildman–Crippen LogP) is 2.23. The van der Waals surface area contributed by atoms with Crippen LogP contribution in [0.25, 0.3) is 0 Å². The van der Waals surface area contributed by atoms with E-state index < -0.39 is 5.79 Å². The van der Waals surface area contributed by atoms with Gasteiger partial charge in [0.2, 0.25) is 0 Å². The molecule has 1 aliphatic carbocycles. The molecule has 0 bridgehead atoms. The van der Waals surface area contributed by atoms with Crippen molar-refractivity contribution in [3.05, 3.63) is 29.6 Å². The molecule has 1 saturated carbocycles. The number of hydrogen-bond donors (Lipinski definition) is 1. The highest BCUT2D eigenvalue weighted by Gasteiger charge is 2.44. The standard InChI is InChI=1S/C14H18N2O3/c1-10-2-3-12(15-9-10)11-8-14(18-6-7-19-14)5-4-13(11)16-17/h2-3,9,11,17H,4-8H2,1H3/b16-13-. The third-order valence-corrected chi connectivity index (χ3v) is 3.91. The highest BCUT2D eigenvalue weighted by molar-refractivity contribution is 5.91. The van der Waals surface area contributed by atoms with Gasteiger partial charge in [-0.3, -0.25) is 4.98 Å². The number of pyridine rings is 1. The number of ether oxygens (including phenoxy) is 2. The van der Waals surface area contributed by atoms with Crippen LogP contribution in [-0.4, -0.2) is 34.9 Å². The summed E-state index contributed by atoms with van der Waals surface area (Å²) in [5.74, 6) is -0.539. The molecule has 0 radical (unpaired) electrons. The number of aryl methyl sites for hydroxylation is 1. The maximum absolute atomic E-state index is 9.19. The summed E-state index contributed by atoms with van der Waals surface area (Å²) in [6, 6.07) is 4.01. The van der Waals surface area contributed by atoms with Gasteiger partial charge in [-0.2, -0.15) is 0 Å². The number of aromatic nitrogens is 1. The molecule has 0 amide bonds.